The number of rotatable bonds is 4. The topological polar surface area (TPSA) is 37.3 Å². The Bertz CT molecular complexity index is 112. The van der Waals surface area contributed by atoms with Gasteiger partial charge >= 0.3 is 5.97 Å². The zero-order valence-electron chi connectivity index (χ0n) is 6.63. The third kappa shape index (κ3) is 4.68. The van der Waals surface area contributed by atoms with Gasteiger partial charge in [-0.05, 0) is 5.92 Å². The van der Waals surface area contributed by atoms with Gasteiger partial charge in [0.1, 0.15) is 0 Å². The van der Waals surface area contributed by atoms with Gasteiger partial charge < -0.3 is 5.11 Å². The molecule has 0 saturated carbocycles. The fourth-order valence-electron chi connectivity index (χ4n) is 0.395. The average molecular weight is 162 g/mol. The van der Waals surface area contributed by atoms with Crippen LogP contribution in [0.2, 0.25) is 0 Å². The van der Waals surface area contributed by atoms with Gasteiger partial charge in [-0.15, -0.1) is 11.8 Å². The second-order valence-electron chi connectivity index (χ2n) is 2.65. The van der Waals surface area contributed by atoms with E-state index in [9.17, 15) is 4.79 Å². The molecule has 0 radical (unpaired) electrons. The predicted octanol–water partition coefficient (Wildman–Crippen LogP) is 1.85. The lowest BCUT2D eigenvalue weighted by Gasteiger charge is -2.12. The molecule has 0 aliphatic rings. The minimum atomic E-state index is -0.725. The smallest absolute Gasteiger partial charge is 0.313 e. The Labute approximate surface area is 66.0 Å². The fourth-order valence-corrected chi connectivity index (χ4v) is 1.19. The predicted molar refractivity (Wildman–Crippen MR) is 44.4 cm³/mol. The van der Waals surface area contributed by atoms with E-state index in [1.807, 2.05) is 0 Å². The van der Waals surface area contributed by atoms with E-state index in [2.05, 4.69) is 20.8 Å². The Morgan fingerprint density at radius 1 is 1.50 bits per heavy atom. The number of carboxylic acids is 1. The van der Waals surface area contributed by atoms with Crippen LogP contribution in [-0.2, 0) is 4.79 Å². The number of thioether (sulfide) groups is 1. The molecule has 3 heteroatoms. The molecule has 0 spiro atoms. The minimum absolute atomic E-state index is 0.222. The lowest BCUT2D eigenvalue weighted by molar-refractivity contribution is -0.133. The SMILES string of the molecule is CC(C)C(C)SCC(=O)O. The number of aliphatic carboxylic acids is 1. The van der Waals surface area contributed by atoms with Crippen molar-refractivity contribution in [2.24, 2.45) is 5.92 Å². The summed E-state index contributed by atoms with van der Waals surface area (Å²) < 4.78 is 0. The normalized spacial score (nSPS) is 13.6. The molecule has 0 aromatic rings. The van der Waals surface area contributed by atoms with Crippen molar-refractivity contribution in [3.05, 3.63) is 0 Å². The van der Waals surface area contributed by atoms with Gasteiger partial charge in [0, 0.05) is 5.25 Å². The minimum Gasteiger partial charge on any atom is -0.481 e. The van der Waals surface area contributed by atoms with Crippen molar-refractivity contribution >= 4 is 17.7 Å². The van der Waals surface area contributed by atoms with Crippen molar-refractivity contribution in [3.8, 4) is 0 Å². The van der Waals surface area contributed by atoms with Gasteiger partial charge in [0.2, 0.25) is 0 Å². The second-order valence-corrected chi connectivity index (χ2v) is 4.02. The summed E-state index contributed by atoms with van der Waals surface area (Å²) in [5, 5.41) is 8.76. The molecule has 10 heavy (non-hydrogen) atoms. The number of hydrogen-bond acceptors (Lipinski definition) is 2. The highest BCUT2D eigenvalue weighted by molar-refractivity contribution is 8.00. The van der Waals surface area contributed by atoms with Gasteiger partial charge in [0.15, 0.2) is 0 Å². The van der Waals surface area contributed by atoms with Gasteiger partial charge in [-0.3, -0.25) is 4.79 Å². The van der Waals surface area contributed by atoms with Crippen molar-refractivity contribution in [2.45, 2.75) is 26.0 Å². The third-order valence-electron chi connectivity index (χ3n) is 1.41. The molecule has 60 valence electrons. The molecule has 0 saturated heterocycles. The van der Waals surface area contributed by atoms with Crippen LogP contribution in [0.15, 0.2) is 0 Å². The summed E-state index contributed by atoms with van der Waals surface area (Å²) in [5.74, 6) is 0.0566. The first kappa shape index (κ1) is 9.82. The highest BCUT2D eigenvalue weighted by atomic mass is 32.2. The van der Waals surface area contributed by atoms with Crippen LogP contribution >= 0.6 is 11.8 Å². The molecule has 0 aromatic carbocycles. The van der Waals surface area contributed by atoms with Gasteiger partial charge in [-0.1, -0.05) is 20.8 Å². The zero-order chi connectivity index (χ0) is 8.15. The lowest BCUT2D eigenvalue weighted by atomic mass is 10.2. The molecule has 0 aliphatic carbocycles. The molecule has 1 unspecified atom stereocenters. The van der Waals surface area contributed by atoms with E-state index in [1.54, 1.807) is 0 Å². The van der Waals surface area contributed by atoms with Crippen LogP contribution in [-0.4, -0.2) is 22.1 Å². The van der Waals surface area contributed by atoms with Crippen molar-refractivity contribution < 1.29 is 9.90 Å². The maximum Gasteiger partial charge on any atom is 0.313 e. The quantitative estimate of drug-likeness (QED) is 0.685. The monoisotopic (exact) mass is 162 g/mol. The molecule has 0 aliphatic heterocycles. The van der Waals surface area contributed by atoms with Crippen LogP contribution in [0.5, 0.6) is 0 Å². The summed E-state index contributed by atoms with van der Waals surface area (Å²) in [7, 11) is 0. The highest BCUT2D eigenvalue weighted by Gasteiger charge is 2.08. The van der Waals surface area contributed by atoms with E-state index in [-0.39, 0.29) is 5.75 Å². The summed E-state index contributed by atoms with van der Waals surface area (Å²) in [6.45, 7) is 6.25. The Hall–Kier alpha value is -0.180. The van der Waals surface area contributed by atoms with Crippen molar-refractivity contribution in [2.75, 3.05) is 5.75 Å². The number of carbonyl (C=O) groups is 1. The lowest BCUT2D eigenvalue weighted by Crippen LogP contribution is -2.09. The van der Waals surface area contributed by atoms with Crippen molar-refractivity contribution in [1.82, 2.24) is 0 Å². The average Bonchev–Trinajstić information content (AvgIpc) is 1.82. The summed E-state index contributed by atoms with van der Waals surface area (Å²) in [4.78, 5) is 10.1. The van der Waals surface area contributed by atoms with E-state index in [4.69, 9.17) is 5.11 Å². The van der Waals surface area contributed by atoms with Crippen LogP contribution in [0.3, 0.4) is 0 Å². The van der Waals surface area contributed by atoms with E-state index in [0.29, 0.717) is 11.2 Å². The molecule has 0 bridgehead atoms. The van der Waals surface area contributed by atoms with Crippen LogP contribution in [0, 0.1) is 5.92 Å². The number of hydrogen-bond donors (Lipinski definition) is 1. The maximum atomic E-state index is 10.1. The highest BCUT2D eigenvalue weighted by Crippen LogP contribution is 2.17. The van der Waals surface area contributed by atoms with E-state index in [0.717, 1.165) is 0 Å². The molecule has 1 atom stereocenters. The summed E-state index contributed by atoms with van der Waals surface area (Å²) in [5.41, 5.74) is 0. The van der Waals surface area contributed by atoms with E-state index < -0.39 is 5.97 Å². The molecule has 2 nitrogen and oxygen atoms in total. The first-order valence-electron chi connectivity index (χ1n) is 3.37. The largest absolute Gasteiger partial charge is 0.481 e. The van der Waals surface area contributed by atoms with Gasteiger partial charge in [-0.2, -0.15) is 0 Å². The van der Waals surface area contributed by atoms with Gasteiger partial charge in [0.05, 0.1) is 5.75 Å². The summed E-state index contributed by atoms with van der Waals surface area (Å²) in [6, 6.07) is 0. The molecule has 0 rings (SSSR count). The van der Waals surface area contributed by atoms with Crippen molar-refractivity contribution in [3.63, 3.8) is 0 Å². The third-order valence-corrected chi connectivity index (χ3v) is 2.89. The van der Waals surface area contributed by atoms with E-state index >= 15 is 0 Å². The maximum absolute atomic E-state index is 10.1. The Morgan fingerprint density at radius 2 is 2.00 bits per heavy atom. The zero-order valence-corrected chi connectivity index (χ0v) is 7.44. The first-order valence-corrected chi connectivity index (χ1v) is 4.42. The van der Waals surface area contributed by atoms with Crippen LogP contribution in [0.4, 0.5) is 0 Å². The summed E-state index contributed by atoms with van der Waals surface area (Å²) in [6.07, 6.45) is 0. The van der Waals surface area contributed by atoms with Crippen LogP contribution in [0.1, 0.15) is 20.8 Å². The molecule has 0 aromatic heterocycles. The molecule has 0 amide bonds. The number of carboxylic acid groups (broad SMARTS) is 1. The van der Waals surface area contributed by atoms with Gasteiger partial charge in [-0.25, -0.2) is 0 Å². The van der Waals surface area contributed by atoms with E-state index in [1.165, 1.54) is 11.8 Å². The van der Waals surface area contributed by atoms with Gasteiger partial charge in [0.25, 0.3) is 0 Å². The molecule has 0 fully saturated rings. The Kier molecular flexibility index (Phi) is 4.52. The molecule has 1 N–H and O–H groups in total. The van der Waals surface area contributed by atoms with Crippen LogP contribution in [0.25, 0.3) is 0 Å². The summed E-state index contributed by atoms with van der Waals surface area (Å²) >= 11 is 1.49. The van der Waals surface area contributed by atoms with Crippen molar-refractivity contribution in [1.29, 1.82) is 0 Å². The molecular weight excluding hydrogens is 148 g/mol. The first-order chi connectivity index (χ1) is 4.54. The van der Waals surface area contributed by atoms with Crippen LogP contribution < -0.4 is 0 Å². The second kappa shape index (κ2) is 4.61. The molecular formula is C7H14O2S. The fraction of sp³-hybridized carbons (Fsp3) is 0.857. The Balaban J connectivity index is 3.39. The molecule has 0 heterocycles. The standard InChI is InChI=1S/C7H14O2S/c1-5(2)6(3)10-4-7(8)9/h5-6H,4H2,1-3H3,(H,8,9). The Morgan fingerprint density at radius 3 is 2.30 bits per heavy atom.